The average Bonchev–Trinajstić information content (AvgIpc) is 3.51. The number of ether oxygens (including phenoxy) is 3. The molecule has 2 aromatic carbocycles. The van der Waals surface area contributed by atoms with Gasteiger partial charge in [-0.3, -0.25) is 0 Å². The number of amides is 1. The maximum Gasteiger partial charge on any atom is 0.410 e. The molecule has 1 spiro atoms. The Kier molecular flexibility index (Phi) is 8.01. The van der Waals surface area contributed by atoms with Crippen LogP contribution in [-0.2, 0) is 4.74 Å². The number of pyridine rings is 1. The molecule has 220 valence electrons. The van der Waals surface area contributed by atoms with Crippen LogP contribution in [0.1, 0.15) is 33.6 Å². The van der Waals surface area contributed by atoms with E-state index in [2.05, 4.69) is 22.9 Å². The molecule has 41 heavy (non-hydrogen) atoms. The molecule has 0 N–H and O–H groups in total. The van der Waals surface area contributed by atoms with Gasteiger partial charge in [-0.05, 0) is 83.6 Å². The Morgan fingerprint density at radius 1 is 1.10 bits per heavy atom. The Bertz CT molecular complexity index is 1410. The summed E-state index contributed by atoms with van der Waals surface area (Å²) in [6.07, 6.45) is 1.94. The van der Waals surface area contributed by atoms with E-state index in [4.69, 9.17) is 19.2 Å². The zero-order valence-corrected chi connectivity index (χ0v) is 25.0. The van der Waals surface area contributed by atoms with Crippen LogP contribution in [0, 0.1) is 11.2 Å². The number of hydrogen-bond acceptors (Lipinski definition) is 7. The third-order valence-corrected chi connectivity index (χ3v) is 8.02. The number of halogens is 1. The summed E-state index contributed by atoms with van der Waals surface area (Å²) in [7, 11) is 5.35. The minimum Gasteiger partial charge on any atom is -0.494 e. The highest BCUT2D eigenvalue weighted by atomic mass is 19.1. The van der Waals surface area contributed by atoms with E-state index in [1.54, 1.807) is 19.2 Å². The van der Waals surface area contributed by atoms with E-state index in [1.807, 2.05) is 45.0 Å². The number of carbonyl (C=O) groups excluding carboxylic acids is 1. The highest BCUT2D eigenvalue weighted by Gasteiger charge is 2.42. The zero-order valence-electron chi connectivity index (χ0n) is 25.0. The van der Waals surface area contributed by atoms with Gasteiger partial charge in [-0.25, -0.2) is 14.2 Å². The van der Waals surface area contributed by atoms with Crippen molar-refractivity contribution in [3.8, 4) is 22.8 Å². The lowest BCUT2D eigenvalue weighted by molar-refractivity contribution is 0.0278. The number of rotatable bonds is 7. The van der Waals surface area contributed by atoms with Crippen LogP contribution in [0.25, 0.3) is 22.2 Å². The molecule has 0 bridgehead atoms. The summed E-state index contributed by atoms with van der Waals surface area (Å²) in [4.78, 5) is 23.4. The van der Waals surface area contributed by atoms with E-state index in [-0.39, 0.29) is 23.1 Å². The largest absolute Gasteiger partial charge is 0.494 e. The van der Waals surface area contributed by atoms with Gasteiger partial charge in [0.2, 0.25) is 0 Å². The van der Waals surface area contributed by atoms with Gasteiger partial charge in [-0.2, -0.15) is 0 Å². The van der Waals surface area contributed by atoms with E-state index >= 15 is 0 Å². The van der Waals surface area contributed by atoms with Crippen LogP contribution < -0.4 is 14.4 Å². The topological polar surface area (TPSA) is 67.4 Å². The third-order valence-electron chi connectivity index (χ3n) is 8.02. The first-order chi connectivity index (χ1) is 19.4. The minimum atomic E-state index is -0.540. The van der Waals surface area contributed by atoms with Crippen LogP contribution in [0.3, 0.4) is 0 Å². The Balaban J connectivity index is 1.35. The summed E-state index contributed by atoms with van der Waals surface area (Å²) in [6.45, 7) is 10.4. The van der Waals surface area contributed by atoms with Gasteiger partial charge in [0.05, 0.1) is 24.9 Å². The van der Waals surface area contributed by atoms with E-state index in [1.165, 1.54) is 18.4 Å². The molecule has 2 fully saturated rings. The second-order valence-electron chi connectivity index (χ2n) is 12.5. The molecule has 9 heteroatoms. The highest BCUT2D eigenvalue weighted by Crippen LogP contribution is 2.43. The number of likely N-dealkylation sites (N-methyl/N-ethyl adjacent to an activating group) is 1. The van der Waals surface area contributed by atoms with Gasteiger partial charge in [-0.1, -0.05) is 0 Å². The lowest BCUT2D eigenvalue weighted by Gasteiger charge is -2.26. The number of hydrogen-bond donors (Lipinski definition) is 0. The summed E-state index contributed by atoms with van der Waals surface area (Å²) in [5.41, 5.74) is 3.19. The first kappa shape index (κ1) is 28.9. The van der Waals surface area contributed by atoms with Crippen LogP contribution in [0.4, 0.5) is 14.9 Å². The number of nitrogens with zero attached hydrogens (tertiary/aromatic N) is 4. The molecule has 3 heterocycles. The van der Waals surface area contributed by atoms with Crippen molar-refractivity contribution in [1.29, 1.82) is 0 Å². The van der Waals surface area contributed by atoms with Gasteiger partial charge in [0, 0.05) is 54.8 Å². The second-order valence-corrected chi connectivity index (χ2v) is 12.5. The highest BCUT2D eigenvalue weighted by molar-refractivity contribution is 5.95. The normalized spacial score (nSPS) is 19.2. The molecule has 2 saturated heterocycles. The summed E-state index contributed by atoms with van der Waals surface area (Å²) >= 11 is 0. The molecule has 0 aliphatic carbocycles. The van der Waals surface area contributed by atoms with Crippen LogP contribution in [0.2, 0.25) is 0 Å². The van der Waals surface area contributed by atoms with Crippen LogP contribution >= 0.6 is 0 Å². The van der Waals surface area contributed by atoms with Crippen molar-refractivity contribution in [1.82, 2.24) is 14.8 Å². The number of aromatic nitrogens is 1. The van der Waals surface area contributed by atoms with Gasteiger partial charge in [0.25, 0.3) is 0 Å². The van der Waals surface area contributed by atoms with Crippen molar-refractivity contribution >= 4 is 22.7 Å². The van der Waals surface area contributed by atoms with Gasteiger partial charge in [0.1, 0.15) is 18.0 Å². The van der Waals surface area contributed by atoms with Crippen LogP contribution in [0.15, 0.2) is 42.5 Å². The fourth-order valence-corrected chi connectivity index (χ4v) is 5.86. The van der Waals surface area contributed by atoms with E-state index in [9.17, 15) is 9.18 Å². The quantitative estimate of drug-likeness (QED) is 0.358. The lowest BCUT2D eigenvalue weighted by atomic mass is 9.86. The summed E-state index contributed by atoms with van der Waals surface area (Å²) in [6, 6.07) is 13.1. The second kappa shape index (κ2) is 11.4. The monoisotopic (exact) mass is 564 g/mol. The van der Waals surface area contributed by atoms with Crippen molar-refractivity contribution in [2.24, 2.45) is 5.41 Å². The first-order valence-electron chi connectivity index (χ1n) is 14.2. The molecule has 0 radical (unpaired) electrons. The van der Waals surface area contributed by atoms with Gasteiger partial charge < -0.3 is 28.9 Å². The summed E-state index contributed by atoms with van der Waals surface area (Å²) < 4.78 is 31.4. The van der Waals surface area contributed by atoms with Crippen LogP contribution in [0.5, 0.6) is 11.5 Å². The fraction of sp³-hybridized carbons (Fsp3) is 0.500. The molecule has 3 aromatic rings. The molecule has 1 amide bonds. The zero-order chi connectivity index (χ0) is 29.4. The van der Waals surface area contributed by atoms with Crippen LogP contribution in [-0.4, -0.2) is 87.0 Å². The van der Waals surface area contributed by atoms with E-state index < -0.39 is 5.60 Å². The molecule has 0 saturated carbocycles. The van der Waals surface area contributed by atoms with Gasteiger partial charge in [-0.15, -0.1) is 0 Å². The predicted molar refractivity (Wildman–Crippen MR) is 159 cm³/mol. The number of methoxy groups -OCH3 is 1. The van der Waals surface area contributed by atoms with Crippen molar-refractivity contribution in [3.63, 3.8) is 0 Å². The Morgan fingerprint density at radius 2 is 1.83 bits per heavy atom. The molecule has 5 rings (SSSR count). The fourth-order valence-electron chi connectivity index (χ4n) is 5.86. The van der Waals surface area contributed by atoms with Crippen molar-refractivity contribution < 1.29 is 23.4 Å². The Hall–Kier alpha value is -3.59. The molecular formula is C32H41FN4O4. The molecule has 2 aliphatic rings. The molecular weight excluding hydrogens is 523 g/mol. The number of benzene rings is 2. The molecule has 1 aromatic heterocycles. The number of fused-ring (bicyclic) bond motifs is 1. The predicted octanol–water partition coefficient (Wildman–Crippen LogP) is 5.83. The molecule has 2 aliphatic heterocycles. The standard InChI is InChI=1S/C32H41FN4O4/c1-31(2,3)41-30(38)36(5)15-16-40-23-9-7-22(8-10-23)26-18-28(24-17-25(33)29(39-6)19-27(24)34-26)37-14-12-32(21-37)11-13-35(4)20-32/h7-10,17-19H,11-16,20-21H2,1-6H3. The maximum absolute atomic E-state index is 14.8. The first-order valence-corrected chi connectivity index (χ1v) is 14.2. The van der Waals surface area contributed by atoms with Gasteiger partial charge >= 0.3 is 6.09 Å². The van der Waals surface area contributed by atoms with Crippen molar-refractivity contribution in [2.45, 2.75) is 39.2 Å². The minimum absolute atomic E-state index is 0.184. The van der Waals surface area contributed by atoms with Gasteiger partial charge in [0.15, 0.2) is 11.6 Å². The van der Waals surface area contributed by atoms with E-state index in [0.29, 0.717) is 24.4 Å². The third kappa shape index (κ3) is 6.50. The Morgan fingerprint density at radius 3 is 2.49 bits per heavy atom. The van der Waals surface area contributed by atoms with Crippen molar-refractivity contribution in [2.75, 3.05) is 65.4 Å². The summed E-state index contributed by atoms with van der Waals surface area (Å²) in [5.74, 6) is 0.496. The molecule has 1 atom stereocenters. The van der Waals surface area contributed by atoms with Crippen molar-refractivity contribution in [3.05, 3.63) is 48.3 Å². The summed E-state index contributed by atoms with van der Waals surface area (Å²) in [5, 5.41) is 0.796. The lowest BCUT2D eigenvalue weighted by Crippen LogP contribution is -2.36. The SMILES string of the molecule is COc1cc2nc(-c3ccc(OCCN(C)C(=O)OC(C)(C)C)cc3)cc(N3CCC4(CCN(C)C4)C3)c2cc1F. The maximum atomic E-state index is 14.8. The van der Waals surface area contributed by atoms with E-state index in [0.717, 1.165) is 54.9 Å². The number of carbonyl (C=O) groups is 1. The number of likely N-dealkylation sites (tertiary alicyclic amines) is 1. The smallest absolute Gasteiger partial charge is 0.410 e. The Labute approximate surface area is 242 Å². The molecule has 1 unspecified atom stereocenters. The average molecular weight is 565 g/mol. The molecule has 8 nitrogen and oxygen atoms in total. The number of anilines is 1.